The van der Waals surface area contributed by atoms with Gasteiger partial charge in [0.15, 0.2) is 11.7 Å². The van der Waals surface area contributed by atoms with Crippen LogP contribution in [0.2, 0.25) is 0 Å². The van der Waals surface area contributed by atoms with Gasteiger partial charge in [0.1, 0.15) is 0 Å². The lowest BCUT2D eigenvalue weighted by Crippen LogP contribution is -1.94. The lowest BCUT2D eigenvalue weighted by atomic mass is 10.0. The van der Waals surface area contributed by atoms with Crippen LogP contribution in [0, 0.1) is 28.6 Å². The van der Waals surface area contributed by atoms with Gasteiger partial charge in [-0.15, -0.1) is 0 Å². The molecular weight excluding hydrogens is 164 g/mol. The van der Waals surface area contributed by atoms with E-state index in [1.807, 2.05) is 12.1 Å². The average Bonchev–Trinajstić information content (AvgIpc) is 2.17. The Labute approximate surface area is 75.9 Å². The highest BCUT2D eigenvalue weighted by Crippen LogP contribution is 2.09. The van der Waals surface area contributed by atoms with Gasteiger partial charge >= 0.3 is 0 Å². The van der Waals surface area contributed by atoms with Crippen molar-refractivity contribution in [3.63, 3.8) is 0 Å². The molecule has 0 saturated heterocycles. The fourth-order valence-corrected chi connectivity index (χ4v) is 0.875. The summed E-state index contributed by atoms with van der Waals surface area (Å²) in [7, 11) is 0. The lowest BCUT2D eigenvalue weighted by molar-refractivity contribution is -0.110. The third kappa shape index (κ3) is 2.43. The van der Waals surface area contributed by atoms with Crippen LogP contribution in [-0.2, 0) is 4.79 Å². The zero-order chi connectivity index (χ0) is 9.68. The smallest absolute Gasteiger partial charge is 0.178 e. The minimum atomic E-state index is -0.752. The van der Waals surface area contributed by atoms with E-state index in [-0.39, 0.29) is 5.78 Å². The van der Waals surface area contributed by atoms with Crippen molar-refractivity contribution < 1.29 is 4.79 Å². The zero-order valence-corrected chi connectivity index (χ0v) is 6.77. The van der Waals surface area contributed by atoms with Gasteiger partial charge in [-0.2, -0.15) is 10.5 Å². The topological polar surface area (TPSA) is 64.7 Å². The number of nitriles is 2. The first kappa shape index (κ1) is 8.96. The van der Waals surface area contributed by atoms with E-state index in [2.05, 4.69) is 0 Å². The highest BCUT2D eigenvalue weighted by Gasteiger charge is 2.03. The van der Waals surface area contributed by atoms with Crippen molar-refractivity contribution in [3.05, 3.63) is 36.0 Å². The normalized spacial score (nSPS) is 14.1. The number of allylic oxidation sites excluding steroid dienone is 6. The molecule has 0 saturated carbocycles. The summed E-state index contributed by atoms with van der Waals surface area (Å²) >= 11 is 0. The molecule has 0 aromatic heterocycles. The highest BCUT2D eigenvalue weighted by molar-refractivity contribution is 6.01. The second-order valence-electron chi connectivity index (χ2n) is 2.47. The number of ketones is 1. The molecule has 0 aromatic carbocycles. The molecular formula is C10H6N2O. The van der Waals surface area contributed by atoms with Gasteiger partial charge < -0.3 is 0 Å². The molecule has 0 aromatic rings. The zero-order valence-electron chi connectivity index (χ0n) is 6.77. The van der Waals surface area contributed by atoms with Gasteiger partial charge in [0.05, 0.1) is 12.1 Å². The summed E-state index contributed by atoms with van der Waals surface area (Å²) in [5.41, 5.74) is 0.715. The van der Waals surface area contributed by atoms with Gasteiger partial charge in [0, 0.05) is 0 Å². The Hall–Kier alpha value is -2.13. The predicted octanol–water partition coefficient (Wildman–Crippen LogP) is 1.27. The van der Waals surface area contributed by atoms with Crippen LogP contribution in [0.1, 0.15) is 0 Å². The van der Waals surface area contributed by atoms with Gasteiger partial charge in [0.25, 0.3) is 0 Å². The van der Waals surface area contributed by atoms with Crippen molar-refractivity contribution in [2.24, 2.45) is 5.92 Å². The second kappa shape index (κ2) is 4.04. The van der Waals surface area contributed by atoms with E-state index in [0.29, 0.717) is 5.57 Å². The van der Waals surface area contributed by atoms with Gasteiger partial charge in [0.2, 0.25) is 0 Å². The SMILES string of the molecule is N#CC(C#N)C=C1C=CC(=O)C=C1. The van der Waals surface area contributed by atoms with Crippen LogP contribution >= 0.6 is 0 Å². The van der Waals surface area contributed by atoms with Crippen LogP contribution in [0.3, 0.4) is 0 Å². The molecule has 0 fully saturated rings. The molecule has 0 bridgehead atoms. The third-order valence-electron chi connectivity index (χ3n) is 1.52. The number of hydrogen-bond donors (Lipinski definition) is 0. The minimum absolute atomic E-state index is 0.0809. The molecule has 0 heterocycles. The summed E-state index contributed by atoms with van der Waals surface area (Å²) in [6, 6.07) is 3.64. The molecule has 0 atom stereocenters. The summed E-state index contributed by atoms with van der Waals surface area (Å²) in [6.07, 6.45) is 7.49. The van der Waals surface area contributed by atoms with E-state index < -0.39 is 5.92 Å². The lowest BCUT2D eigenvalue weighted by Gasteiger charge is -1.98. The van der Waals surface area contributed by atoms with Crippen LogP contribution in [0.25, 0.3) is 0 Å². The second-order valence-corrected chi connectivity index (χ2v) is 2.47. The Kier molecular flexibility index (Phi) is 2.78. The molecule has 62 valence electrons. The van der Waals surface area contributed by atoms with Gasteiger partial charge in [-0.1, -0.05) is 12.2 Å². The van der Waals surface area contributed by atoms with Gasteiger partial charge in [-0.3, -0.25) is 4.79 Å². The molecule has 3 heteroatoms. The quantitative estimate of drug-likeness (QED) is 0.595. The Balaban J connectivity index is 2.82. The van der Waals surface area contributed by atoms with Crippen LogP contribution in [0.15, 0.2) is 36.0 Å². The predicted molar refractivity (Wildman–Crippen MR) is 46.1 cm³/mol. The minimum Gasteiger partial charge on any atom is -0.290 e. The first-order valence-corrected chi connectivity index (χ1v) is 3.67. The van der Waals surface area contributed by atoms with Crippen LogP contribution in [0.4, 0.5) is 0 Å². The number of hydrogen-bond acceptors (Lipinski definition) is 3. The fraction of sp³-hybridized carbons (Fsp3) is 0.100. The van der Waals surface area contributed by atoms with E-state index >= 15 is 0 Å². The van der Waals surface area contributed by atoms with Crippen LogP contribution in [-0.4, -0.2) is 5.78 Å². The van der Waals surface area contributed by atoms with Gasteiger partial charge in [-0.25, -0.2) is 0 Å². The van der Waals surface area contributed by atoms with E-state index in [0.717, 1.165) is 0 Å². The van der Waals surface area contributed by atoms with Crippen molar-refractivity contribution in [1.82, 2.24) is 0 Å². The van der Waals surface area contributed by atoms with Crippen molar-refractivity contribution in [2.75, 3.05) is 0 Å². The van der Waals surface area contributed by atoms with E-state index in [9.17, 15) is 4.79 Å². The molecule has 1 rings (SSSR count). The molecule has 1 aliphatic rings. The highest BCUT2D eigenvalue weighted by atomic mass is 16.1. The monoisotopic (exact) mass is 170 g/mol. The Morgan fingerprint density at radius 2 is 1.69 bits per heavy atom. The molecule has 3 nitrogen and oxygen atoms in total. The standard InChI is InChI=1S/C10H6N2O/c11-6-9(7-12)5-8-1-3-10(13)4-2-8/h1-5,9H. The summed E-state index contributed by atoms with van der Waals surface area (Å²) in [4.78, 5) is 10.7. The number of rotatable bonds is 1. The third-order valence-corrected chi connectivity index (χ3v) is 1.52. The maximum Gasteiger partial charge on any atom is 0.178 e. The summed E-state index contributed by atoms with van der Waals surface area (Å²) in [6.45, 7) is 0. The number of nitrogens with zero attached hydrogens (tertiary/aromatic N) is 2. The Bertz CT molecular complexity index is 356. The molecule has 0 amide bonds. The average molecular weight is 170 g/mol. The van der Waals surface area contributed by atoms with Crippen LogP contribution in [0.5, 0.6) is 0 Å². The molecule has 0 N–H and O–H groups in total. The molecule has 0 radical (unpaired) electrons. The van der Waals surface area contributed by atoms with Crippen molar-refractivity contribution >= 4 is 5.78 Å². The van der Waals surface area contributed by atoms with Crippen molar-refractivity contribution in [2.45, 2.75) is 0 Å². The maximum atomic E-state index is 10.7. The Morgan fingerprint density at radius 3 is 2.15 bits per heavy atom. The number of carbonyl (C=O) groups is 1. The molecule has 1 aliphatic carbocycles. The van der Waals surface area contributed by atoms with Gasteiger partial charge in [-0.05, 0) is 23.8 Å². The number of carbonyl (C=O) groups excluding carboxylic acids is 1. The molecule has 13 heavy (non-hydrogen) atoms. The molecule has 0 aliphatic heterocycles. The first-order valence-electron chi connectivity index (χ1n) is 3.67. The van der Waals surface area contributed by atoms with Crippen LogP contribution < -0.4 is 0 Å². The largest absolute Gasteiger partial charge is 0.290 e. The molecule has 0 unspecified atom stereocenters. The maximum absolute atomic E-state index is 10.7. The summed E-state index contributed by atoms with van der Waals surface area (Å²) in [5.74, 6) is -0.833. The summed E-state index contributed by atoms with van der Waals surface area (Å²) in [5, 5.41) is 17.0. The van der Waals surface area contributed by atoms with E-state index in [1.54, 1.807) is 12.2 Å². The Morgan fingerprint density at radius 1 is 1.15 bits per heavy atom. The van der Waals surface area contributed by atoms with E-state index in [4.69, 9.17) is 10.5 Å². The fourth-order valence-electron chi connectivity index (χ4n) is 0.875. The van der Waals surface area contributed by atoms with Crippen molar-refractivity contribution in [1.29, 1.82) is 10.5 Å². The summed E-state index contributed by atoms with van der Waals surface area (Å²) < 4.78 is 0. The van der Waals surface area contributed by atoms with E-state index in [1.165, 1.54) is 18.2 Å². The molecule has 0 spiro atoms. The van der Waals surface area contributed by atoms with Crippen molar-refractivity contribution in [3.8, 4) is 12.1 Å². The first-order chi connectivity index (χ1) is 6.26.